The molecule has 6 nitrogen and oxygen atoms in total. The summed E-state index contributed by atoms with van der Waals surface area (Å²) in [6, 6.07) is 7.14. The summed E-state index contributed by atoms with van der Waals surface area (Å²) in [6.07, 6.45) is -5.96. The highest BCUT2D eigenvalue weighted by atomic mass is 19.4. The van der Waals surface area contributed by atoms with Gasteiger partial charge in [0.2, 0.25) is 5.88 Å². The van der Waals surface area contributed by atoms with E-state index >= 15 is 0 Å². The molecule has 0 fully saturated rings. The van der Waals surface area contributed by atoms with Crippen molar-refractivity contribution < 1.29 is 32.6 Å². The number of nitrogens with zero attached hydrogens (tertiary/aromatic N) is 2. The fraction of sp³-hybridized carbons (Fsp3) is 0.316. The van der Waals surface area contributed by atoms with Gasteiger partial charge >= 0.3 is 6.18 Å². The number of alkyl halides is 3. The molecule has 2 amide bonds. The van der Waals surface area contributed by atoms with Gasteiger partial charge in [0.05, 0.1) is 30.0 Å². The lowest BCUT2D eigenvalue weighted by Crippen LogP contribution is -2.32. The summed E-state index contributed by atoms with van der Waals surface area (Å²) in [6.45, 7) is 1.22. The third kappa shape index (κ3) is 3.45. The SMILES string of the molecule is COc1nc(C(C)O)c(CCN2C(=O)c3ccccc3C2=O)cc1C(F)(F)F. The lowest BCUT2D eigenvalue weighted by Gasteiger charge is -2.19. The van der Waals surface area contributed by atoms with E-state index in [1.165, 1.54) is 19.1 Å². The average molecular weight is 394 g/mol. The highest BCUT2D eigenvalue weighted by Gasteiger charge is 2.38. The Hall–Kier alpha value is -2.94. The van der Waals surface area contributed by atoms with Gasteiger partial charge in [-0.05, 0) is 37.1 Å². The van der Waals surface area contributed by atoms with E-state index < -0.39 is 35.5 Å². The summed E-state index contributed by atoms with van der Waals surface area (Å²) in [4.78, 5) is 29.6. The van der Waals surface area contributed by atoms with E-state index in [9.17, 15) is 27.9 Å². The number of rotatable bonds is 5. The largest absolute Gasteiger partial charge is 0.481 e. The zero-order chi connectivity index (χ0) is 20.6. The fourth-order valence-electron chi connectivity index (χ4n) is 3.15. The van der Waals surface area contributed by atoms with Crippen molar-refractivity contribution in [2.75, 3.05) is 13.7 Å². The highest BCUT2D eigenvalue weighted by molar-refractivity contribution is 6.21. The Balaban J connectivity index is 1.92. The number of aliphatic hydroxyl groups is 1. The third-order valence-corrected chi connectivity index (χ3v) is 4.48. The first-order valence-corrected chi connectivity index (χ1v) is 8.43. The molecule has 0 aliphatic carbocycles. The monoisotopic (exact) mass is 394 g/mol. The standard InChI is InChI=1S/C19H17F3N2O4/c1-10(25)15-11(9-14(19(20,21)22)16(23-15)28-2)7-8-24-17(26)12-5-3-4-6-13(12)18(24)27/h3-6,9-10,25H,7-8H2,1-2H3. The number of aromatic nitrogens is 1. The van der Waals surface area contributed by atoms with Crippen LogP contribution in [0.3, 0.4) is 0 Å². The molecule has 148 valence electrons. The van der Waals surface area contributed by atoms with Crippen LogP contribution in [0.4, 0.5) is 13.2 Å². The second-order valence-corrected chi connectivity index (χ2v) is 6.32. The minimum Gasteiger partial charge on any atom is -0.481 e. The van der Waals surface area contributed by atoms with Gasteiger partial charge in [-0.1, -0.05) is 12.1 Å². The van der Waals surface area contributed by atoms with Crippen molar-refractivity contribution in [2.45, 2.75) is 25.6 Å². The van der Waals surface area contributed by atoms with Crippen molar-refractivity contribution in [3.05, 3.63) is 58.3 Å². The second-order valence-electron chi connectivity index (χ2n) is 6.32. The number of hydrogen-bond acceptors (Lipinski definition) is 5. The smallest absolute Gasteiger partial charge is 0.421 e. The molecule has 1 N–H and O–H groups in total. The van der Waals surface area contributed by atoms with Crippen LogP contribution >= 0.6 is 0 Å². The molecule has 0 spiro atoms. The van der Waals surface area contributed by atoms with Crippen LogP contribution in [0.2, 0.25) is 0 Å². The van der Waals surface area contributed by atoms with E-state index in [1.807, 2.05) is 0 Å². The number of carbonyl (C=O) groups is 2. The average Bonchev–Trinajstić information content (AvgIpc) is 2.89. The van der Waals surface area contributed by atoms with Gasteiger partial charge in [-0.3, -0.25) is 14.5 Å². The van der Waals surface area contributed by atoms with Gasteiger partial charge in [0, 0.05) is 6.54 Å². The number of fused-ring (bicyclic) bond motifs is 1. The molecule has 0 saturated heterocycles. The van der Waals surface area contributed by atoms with Gasteiger partial charge in [0.25, 0.3) is 11.8 Å². The number of carbonyl (C=O) groups excluding carboxylic acids is 2. The van der Waals surface area contributed by atoms with E-state index in [1.54, 1.807) is 12.1 Å². The summed E-state index contributed by atoms with van der Waals surface area (Å²) in [5.41, 5.74) is -0.489. The molecular formula is C19H17F3N2O4. The van der Waals surface area contributed by atoms with Crippen LogP contribution in [-0.2, 0) is 12.6 Å². The maximum atomic E-state index is 13.3. The Morgan fingerprint density at radius 3 is 2.21 bits per heavy atom. The van der Waals surface area contributed by atoms with Crippen LogP contribution in [0.5, 0.6) is 5.88 Å². The maximum Gasteiger partial charge on any atom is 0.421 e. The Labute approximate surface area is 158 Å². The van der Waals surface area contributed by atoms with Gasteiger partial charge in [0.15, 0.2) is 0 Å². The lowest BCUT2D eigenvalue weighted by atomic mass is 10.0. The van der Waals surface area contributed by atoms with Gasteiger partial charge in [-0.15, -0.1) is 0 Å². The van der Waals surface area contributed by atoms with Crippen molar-refractivity contribution >= 4 is 11.8 Å². The molecule has 1 atom stereocenters. The zero-order valence-corrected chi connectivity index (χ0v) is 15.1. The van der Waals surface area contributed by atoms with E-state index in [2.05, 4.69) is 4.98 Å². The Morgan fingerprint density at radius 1 is 1.18 bits per heavy atom. The highest BCUT2D eigenvalue weighted by Crippen LogP contribution is 2.37. The normalized spacial score (nSPS) is 15.0. The molecular weight excluding hydrogens is 377 g/mol. The molecule has 0 radical (unpaired) electrons. The molecule has 28 heavy (non-hydrogen) atoms. The Bertz CT molecular complexity index is 906. The molecule has 1 aromatic heterocycles. The van der Waals surface area contributed by atoms with Crippen molar-refractivity contribution in [1.82, 2.24) is 9.88 Å². The zero-order valence-electron chi connectivity index (χ0n) is 15.1. The van der Waals surface area contributed by atoms with Crippen LogP contribution in [0.15, 0.2) is 30.3 Å². The first kappa shape index (κ1) is 19.8. The van der Waals surface area contributed by atoms with Crippen LogP contribution in [0.25, 0.3) is 0 Å². The molecule has 1 aliphatic rings. The first-order chi connectivity index (χ1) is 13.1. The summed E-state index contributed by atoms with van der Waals surface area (Å²) in [5.74, 6) is -1.65. The van der Waals surface area contributed by atoms with Crippen LogP contribution < -0.4 is 4.74 Å². The number of amides is 2. The number of methoxy groups -OCH3 is 1. The Morgan fingerprint density at radius 2 is 1.75 bits per heavy atom. The van der Waals surface area contributed by atoms with Crippen molar-refractivity contribution in [1.29, 1.82) is 0 Å². The summed E-state index contributed by atoms with van der Waals surface area (Å²) in [5, 5.41) is 9.91. The molecule has 3 rings (SSSR count). The van der Waals surface area contributed by atoms with E-state index in [0.717, 1.165) is 18.1 Å². The van der Waals surface area contributed by atoms with E-state index in [0.29, 0.717) is 0 Å². The van der Waals surface area contributed by atoms with Gasteiger partial charge in [0.1, 0.15) is 5.56 Å². The van der Waals surface area contributed by atoms with Crippen LogP contribution in [0.1, 0.15) is 50.6 Å². The van der Waals surface area contributed by atoms with Crippen molar-refractivity contribution in [3.8, 4) is 5.88 Å². The predicted molar refractivity (Wildman–Crippen MR) is 91.9 cm³/mol. The van der Waals surface area contributed by atoms with Gasteiger partial charge in [-0.25, -0.2) is 4.98 Å². The molecule has 2 heterocycles. The number of halogens is 3. The number of ether oxygens (including phenoxy) is 1. The molecule has 1 aliphatic heterocycles. The molecule has 0 saturated carbocycles. The van der Waals surface area contributed by atoms with E-state index in [4.69, 9.17) is 4.74 Å². The molecule has 0 bridgehead atoms. The topological polar surface area (TPSA) is 79.7 Å². The third-order valence-electron chi connectivity index (χ3n) is 4.48. The minimum atomic E-state index is -4.71. The number of imide groups is 1. The summed E-state index contributed by atoms with van der Waals surface area (Å²) < 4.78 is 44.6. The second kappa shape index (κ2) is 7.23. The molecule has 2 aromatic rings. The number of hydrogen-bond donors (Lipinski definition) is 1. The Kier molecular flexibility index (Phi) is 5.12. The quantitative estimate of drug-likeness (QED) is 0.789. The molecule has 9 heteroatoms. The van der Waals surface area contributed by atoms with Crippen LogP contribution in [-0.4, -0.2) is 40.5 Å². The van der Waals surface area contributed by atoms with Crippen LogP contribution in [0, 0.1) is 0 Å². The summed E-state index contributed by atoms with van der Waals surface area (Å²) >= 11 is 0. The molecule has 1 unspecified atom stereocenters. The summed E-state index contributed by atoms with van der Waals surface area (Å²) in [7, 11) is 1.06. The van der Waals surface area contributed by atoms with Crippen molar-refractivity contribution in [3.63, 3.8) is 0 Å². The minimum absolute atomic E-state index is 0.00135. The maximum absolute atomic E-state index is 13.3. The lowest BCUT2D eigenvalue weighted by molar-refractivity contribution is -0.139. The number of pyridine rings is 1. The van der Waals surface area contributed by atoms with Gasteiger partial charge < -0.3 is 9.84 Å². The van der Waals surface area contributed by atoms with E-state index in [-0.39, 0.29) is 35.3 Å². The molecule has 1 aromatic carbocycles. The first-order valence-electron chi connectivity index (χ1n) is 8.43. The van der Waals surface area contributed by atoms with Crippen molar-refractivity contribution in [2.24, 2.45) is 0 Å². The fourth-order valence-corrected chi connectivity index (χ4v) is 3.15. The van der Waals surface area contributed by atoms with Gasteiger partial charge in [-0.2, -0.15) is 13.2 Å². The number of benzene rings is 1. The predicted octanol–water partition coefficient (Wildman–Crippen LogP) is 3.00. The number of aliphatic hydroxyl groups excluding tert-OH is 1.